The predicted octanol–water partition coefficient (Wildman–Crippen LogP) is 1.95. The summed E-state index contributed by atoms with van der Waals surface area (Å²) in [6.07, 6.45) is 1.07. The van der Waals surface area contributed by atoms with Gasteiger partial charge >= 0.3 is 12.0 Å². The van der Waals surface area contributed by atoms with Gasteiger partial charge in [0.05, 0.1) is 24.0 Å². The van der Waals surface area contributed by atoms with Crippen molar-refractivity contribution in [3.8, 4) is 0 Å². The van der Waals surface area contributed by atoms with Gasteiger partial charge in [-0.3, -0.25) is 9.59 Å². The number of piperidine rings is 1. The minimum atomic E-state index is -3.95. The number of hydrogen-bond donors (Lipinski definition) is 1. The lowest BCUT2D eigenvalue weighted by Crippen LogP contribution is -2.52. The number of carbonyl (C=O) groups excluding carboxylic acids is 2. The minimum absolute atomic E-state index is 0.0300. The molecular weight excluding hydrogens is 422 g/mol. The normalized spacial score (nSPS) is 24.2. The number of hydrazone groups is 1. The van der Waals surface area contributed by atoms with E-state index >= 15 is 0 Å². The molecule has 170 valence electrons. The van der Waals surface area contributed by atoms with Crippen LogP contribution in [0, 0.1) is 12.8 Å². The molecule has 0 saturated carbocycles. The van der Waals surface area contributed by atoms with Gasteiger partial charge in [0.1, 0.15) is 5.60 Å². The number of carbonyl (C=O) groups is 2. The first-order valence-corrected chi connectivity index (χ1v) is 11.7. The molecule has 3 atom stereocenters. The Kier molecular flexibility index (Phi) is 6.31. The molecule has 2 heterocycles. The summed E-state index contributed by atoms with van der Waals surface area (Å²) >= 11 is 0. The number of benzene rings is 1. The zero-order chi connectivity index (χ0) is 23.0. The lowest BCUT2D eigenvalue weighted by Gasteiger charge is -2.38. The largest absolute Gasteiger partial charge is 0.469 e. The average molecular weight is 452 g/mol. The summed E-state index contributed by atoms with van der Waals surface area (Å²) in [5.41, 5.74) is 0.214. The van der Waals surface area contributed by atoms with Crippen molar-refractivity contribution in [3.05, 3.63) is 29.8 Å². The van der Waals surface area contributed by atoms with Gasteiger partial charge in [0.25, 0.3) is 10.0 Å². The second-order valence-electron chi connectivity index (χ2n) is 8.88. The van der Waals surface area contributed by atoms with Gasteiger partial charge in [-0.2, -0.15) is 13.2 Å². The highest BCUT2D eigenvalue weighted by Gasteiger charge is 2.53. The molecule has 0 radical (unpaired) electrons. The van der Waals surface area contributed by atoms with E-state index in [2.05, 4.69) is 9.93 Å². The van der Waals surface area contributed by atoms with Gasteiger partial charge in [0.15, 0.2) is 5.78 Å². The summed E-state index contributed by atoms with van der Waals surface area (Å²) in [5.74, 6) is -0.944. The summed E-state index contributed by atoms with van der Waals surface area (Å²) in [7, 11) is -2.64. The Bertz CT molecular complexity index is 981. The number of hydrogen-bond acceptors (Lipinski definition) is 7. The highest BCUT2D eigenvalue weighted by atomic mass is 32.2. The maximum Gasteiger partial charge on any atom is 0.311 e. The maximum atomic E-state index is 12.7. The predicted molar refractivity (Wildman–Crippen MR) is 114 cm³/mol. The first-order chi connectivity index (χ1) is 14.4. The Morgan fingerprint density at radius 1 is 1.23 bits per heavy atom. The van der Waals surface area contributed by atoms with Crippen molar-refractivity contribution < 1.29 is 27.5 Å². The molecule has 2 bridgehead atoms. The molecule has 3 unspecified atom stereocenters. The van der Waals surface area contributed by atoms with Crippen molar-refractivity contribution in [2.75, 3.05) is 7.11 Å². The highest BCUT2D eigenvalue weighted by molar-refractivity contribution is 7.89. The Morgan fingerprint density at radius 2 is 1.87 bits per heavy atom. The summed E-state index contributed by atoms with van der Waals surface area (Å²) in [4.78, 5) is 28.8. The number of nitrogens with zero attached hydrogens (tertiary/aromatic N) is 2. The van der Waals surface area contributed by atoms with Crippen LogP contribution in [0.5, 0.6) is 0 Å². The fraction of sp³-hybridized carbons (Fsp3) is 0.571. The van der Waals surface area contributed by atoms with Crippen LogP contribution in [0.2, 0.25) is 0 Å². The van der Waals surface area contributed by atoms with E-state index in [1.165, 1.54) is 19.2 Å². The number of esters is 1. The van der Waals surface area contributed by atoms with E-state index in [1.807, 2.05) is 6.92 Å². The number of fused-ring (bicyclic) bond motifs is 2. The number of ketones is 1. The van der Waals surface area contributed by atoms with Crippen LogP contribution >= 0.6 is 0 Å². The van der Waals surface area contributed by atoms with Crippen molar-refractivity contribution in [2.45, 2.75) is 69.5 Å². The molecule has 9 nitrogen and oxygen atoms in total. The van der Waals surface area contributed by atoms with Gasteiger partial charge in [-0.15, -0.1) is 5.10 Å². The zero-order valence-corrected chi connectivity index (χ0v) is 19.2. The number of aryl methyl sites for hydroxylation is 1. The molecule has 1 aromatic carbocycles. The molecule has 0 spiro atoms. The van der Waals surface area contributed by atoms with Gasteiger partial charge in [-0.1, -0.05) is 17.7 Å². The SMILES string of the molecule is COC(=O)C1CC2C(=O)CCC1N2C(=NNS(=O)(=O)c1ccc(C)cc1)OC(C)(C)C. The van der Waals surface area contributed by atoms with Crippen molar-refractivity contribution in [3.63, 3.8) is 0 Å². The second kappa shape index (κ2) is 8.49. The van der Waals surface area contributed by atoms with Crippen molar-refractivity contribution in [1.29, 1.82) is 0 Å². The standard InChI is InChI=1S/C21H29N3O6S/c1-13-6-8-14(9-7-13)31(27,28)23-22-20(30-21(2,3)4)24-16-10-11-18(25)17(24)12-15(16)19(26)29-5/h6-9,15-17,23H,10-12H2,1-5H3. The van der Waals surface area contributed by atoms with E-state index in [0.29, 0.717) is 12.8 Å². The van der Waals surface area contributed by atoms with Gasteiger partial charge in [-0.25, -0.2) is 0 Å². The molecule has 1 N–H and O–H groups in total. The molecule has 2 fully saturated rings. The third-order valence-electron chi connectivity index (χ3n) is 5.41. The lowest BCUT2D eigenvalue weighted by molar-refractivity contribution is -0.146. The van der Waals surface area contributed by atoms with Crippen LogP contribution in [0.1, 0.15) is 45.6 Å². The smallest absolute Gasteiger partial charge is 0.311 e. The number of ether oxygens (including phenoxy) is 2. The average Bonchev–Trinajstić information content (AvgIpc) is 2.99. The van der Waals surface area contributed by atoms with Gasteiger partial charge in [0.2, 0.25) is 0 Å². The van der Waals surface area contributed by atoms with Crippen LogP contribution in [-0.2, 0) is 29.1 Å². The fourth-order valence-corrected chi connectivity index (χ4v) is 4.77. The van der Waals surface area contributed by atoms with E-state index in [1.54, 1.807) is 37.8 Å². The molecule has 2 saturated heterocycles. The zero-order valence-electron chi connectivity index (χ0n) is 18.4. The molecule has 0 aliphatic carbocycles. The molecule has 0 aromatic heterocycles. The lowest BCUT2D eigenvalue weighted by atomic mass is 9.97. The van der Waals surface area contributed by atoms with Crippen LogP contribution in [0.15, 0.2) is 34.3 Å². The van der Waals surface area contributed by atoms with E-state index < -0.39 is 33.6 Å². The highest BCUT2D eigenvalue weighted by Crippen LogP contribution is 2.39. The Labute approximate surface area is 182 Å². The number of amidine groups is 1. The summed E-state index contributed by atoms with van der Waals surface area (Å²) in [6, 6.07) is 5.34. The molecular formula is C21H29N3O6S. The van der Waals surface area contributed by atoms with E-state index in [4.69, 9.17) is 9.47 Å². The van der Waals surface area contributed by atoms with E-state index in [0.717, 1.165) is 5.56 Å². The minimum Gasteiger partial charge on any atom is -0.469 e. The summed E-state index contributed by atoms with van der Waals surface area (Å²) in [5, 5.41) is 4.08. The first kappa shape index (κ1) is 23.1. The second-order valence-corrected chi connectivity index (χ2v) is 10.5. The van der Waals surface area contributed by atoms with E-state index in [9.17, 15) is 18.0 Å². The quantitative estimate of drug-likeness (QED) is 0.322. The molecule has 3 rings (SSSR count). The number of sulfonamides is 1. The van der Waals surface area contributed by atoms with Gasteiger partial charge in [-0.05, 0) is 52.7 Å². The number of nitrogens with one attached hydrogen (secondary N) is 1. The monoisotopic (exact) mass is 451 g/mol. The summed E-state index contributed by atoms with van der Waals surface area (Å²) in [6.45, 7) is 7.24. The van der Waals surface area contributed by atoms with Crippen LogP contribution < -0.4 is 4.83 Å². The third-order valence-corrected chi connectivity index (χ3v) is 6.63. The Morgan fingerprint density at radius 3 is 2.45 bits per heavy atom. The number of Topliss-reactive ketones (excluding diaryl/α,β-unsaturated/α-hetero) is 1. The molecule has 2 aliphatic heterocycles. The molecule has 2 aliphatic rings. The number of methoxy groups -OCH3 is 1. The molecule has 0 amide bonds. The fourth-order valence-electron chi connectivity index (χ4n) is 3.98. The van der Waals surface area contributed by atoms with Crippen LogP contribution in [0.3, 0.4) is 0 Å². The number of rotatable bonds is 4. The van der Waals surface area contributed by atoms with Crippen molar-refractivity contribution in [1.82, 2.24) is 9.73 Å². The molecule has 1 aromatic rings. The van der Waals surface area contributed by atoms with Crippen LogP contribution in [-0.4, -0.2) is 55.9 Å². The van der Waals surface area contributed by atoms with Crippen LogP contribution in [0.4, 0.5) is 0 Å². The third kappa shape index (κ3) is 5.00. The topological polar surface area (TPSA) is 114 Å². The Balaban J connectivity index is 1.96. The first-order valence-electron chi connectivity index (χ1n) is 10.2. The van der Waals surface area contributed by atoms with Crippen molar-refractivity contribution in [2.24, 2.45) is 11.0 Å². The Hall–Kier alpha value is -2.62. The maximum absolute atomic E-state index is 12.7. The van der Waals surface area contributed by atoms with Gasteiger partial charge in [0, 0.05) is 12.5 Å². The molecule has 10 heteroatoms. The van der Waals surface area contributed by atoms with Crippen molar-refractivity contribution >= 4 is 27.8 Å². The molecule has 31 heavy (non-hydrogen) atoms. The van der Waals surface area contributed by atoms with E-state index in [-0.39, 0.29) is 29.2 Å². The summed E-state index contributed by atoms with van der Waals surface area (Å²) < 4.78 is 36.3. The van der Waals surface area contributed by atoms with Gasteiger partial charge < -0.3 is 14.4 Å². The van der Waals surface area contributed by atoms with Crippen LogP contribution in [0.25, 0.3) is 0 Å².